The van der Waals surface area contributed by atoms with Crippen LogP contribution < -0.4 is 15.8 Å². The molecule has 7 nitrogen and oxygen atoms in total. The van der Waals surface area contributed by atoms with Gasteiger partial charge in [-0.3, -0.25) is 9.97 Å². The second-order valence-corrected chi connectivity index (χ2v) is 10.1. The van der Waals surface area contributed by atoms with Gasteiger partial charge in [0.15, 0.2) is 0 Å². The summed E-state index contributed by atoms with van der Waals surface area (Å²) in [5.41, 5.74) is 8.54. The maximum Gasteiger partial charge on any atom is 0.145 e. The zero-order chi connectivity index (χ0) is 31.1. The summed E-state index contributed by atoms with van der Waals surface area (Å²) in [7, 11) is 3.37. The fraction of sp³-hybridized carbons (Fsp3) is 0.688. The predicted molar refractivity (Wildman–Crippen MR) is 167 cm³/mol. The molecule has 0 saturated carbocycles. The van der Waals surface area contributed by atoms with E-state index in [-0.39, 0.29) is 11.2 Å². The molecule has 3 heterocycles. The Kier molecular flexibility index (Phi) is 23.6. The van der Waals surface area contributed by atoms with E-state index in [4.69, 9.17) is 19.9 Å². The molecule has 1 aliphatic rings. The Balaban J connectivity index is 0. The number of nitrogens with two attached hydrogens (primary N) is 1. The zero-order valence-electron chi connectivity index (χ0n) is 27.5. The number of nitrogens with one attached hydrogen (secondary N) is 1. The van der Waals surface area contributed by atoms with Gasteiger partial charge >= 0.3 is 0 Å². The smallest absolute Gasteiger partial charge is 0.145 e. The van der Waals surface area contributed by atoms with Crippen LogP contribution in [0.1, 0.15) is 111 Å². The van der Waals surface area contributed by atoms with Crippen LogP contribution >= 0.6 is 0 Å². The van der Waals surface area contributed by atoms with Gasteiger partial charge in [-0.2, -0.15) is 0 Å². The summed E-state index contributed by atoms with van der Waals surface area (Å²) < 4.78 is 28.9. The molecular weight excluding hydrogens is 507 g/mol. The Hall–Kier alpha value is -2.13. The van der Waals surface area contributed by atoms with Crippen molar-refractivity contribution >= 4 is 0 Å². The van der Waals surface area contributed by atoms with Crippen LogP contribution in [0.2, 0.25) is 0 Å². The lowest BCUT2D eigenvalue weighted by Crippen LogP contribution is -2.29. The van der Waals surface area contributed by atoms with Crippen LogP contribution in [-0.2, 0) is 28.0 Å². The fourth-order valence-corrected chi connectivity index (χ4v) is 3.46. The van der Waals surface area contributed by atoms with Crippen molar-refractivity contribution in [1.82, 2.24) is 15.3 Å². The first-order valence-electron chi connectivity index (χ1n) is 14.8. The van der Waals surface area contributed by atoms with E-state index < -0.39 is 0 Å². The quantitative estimate of drug-likeness (QED) is 0.350. The maximum atomic E-state index is 13.7. The van der Waals surface area contributed by atoms with Crippen LogP contribution in [0.4, 0.5) is 4.39 Å². The lowest BCUT2D eigenvalue weighted by atomic mass is 9.91. The van der Waals surface area contributed by atoms with Gasteiger partial charge in [0.05, 0.1) is 36.5 Å². The van der Waals surface area contributed by atoms with Crippen molar-refractivity contribution in [2.24, 2.45) is 5.73 Å². The first kappa shape index (κ1) is 40.0. The third-order valence-corrected chi connectivity index (χ3v) is 5.44. The van der Waals surface area contributed by atoms with E-state index in [1.165, 1.54) is 6.07 Å². The Morgan fingerprint density at radius 3 is 2.10 bits per heavy atom. The van der Waals surface area contributed by atoms with E-state index in [1.54, 1.807) is 20.3 Å². The Morgan fingerprint density at radius 1 is 1.05 bits per heavy atom. The highest BCUT2D eigenvalue weighted by Crippen LogP contribution is 2.24. The number of methoxy groups -OCH3 is 2. The number of nitrogens with zero attached hydrogens (tertiary/aromatic N) is 2. The Labute approximate surface area is 244 Å². The molecule has 0 bridgehead atoms. The van der Waals surface area contributed by atoms with E-state index >= 15 is 0 Å². The van der Waals surface area contributed by atoms with Crippen molar-refractivity contribution in [1.29, 1.82) is 0 Å². The number of halogens is 1. The standard InChI is InChI=1S/C14H21FN2O.C10H16N2O.C4H10O.2C2H6/c1-14(2,3)13-12(15)5-4-10(17-13)8-16-11-6-7-18-9-11;1-7(2)10-9(13-3)5-4-8(6-11)12-10;1-3-4-5-2;2*1-2/h4-5,11,16H,6-9H2,1-3H3;4-5,7H,6,11H2,1-3H3;3-4H2,1-2H3;2*1-2H3. The van der Waals surface area contributed by atoms with Crippen LogP contribution in [0.3, 0.4) is 0 Å². The van der Waals surface area contributed by atoms with Gasteiger partial charge in [0.2, 0.25) is 0 Å². The summed E-state index contributed by atoms with van der Waals surface area (Å²) >= 11 is 0. The molecule has 232 valence electrons. The highest BCUT2D eigenvalue weighted by molar-refractivity contribution is 5.31. The third-order valence-electron chi connectivity index (χ3n) is 5.44. The third kappa shape index (κ3) is 16.2. The molecule has 0 spiro atoms. The maximum absolute atomic E-state index is 13.7. The van der Waals surface area contributed by atoms with Gasteiger partial charge in [0.25, 0.3) is 0 Å². The summed E-state index contributed by atoms with van der Waals surface area (Å²) in [4.78, 5) is 8.84. The Morgan fingerprint density at radius 2 is 1.68 bits per heavy atom. The SMILES string of the molecule is CC.CC.CC(C)(C)c1nc(CNC2CCOC2)ccc1F.CCCOC.COc1ccc(CN)nc1C(C)C. The lowest BCUT2D eigenvalue weighted by Gasteiger charge is -2.19. The highest BCUT2D eigenvalue weighted by atomic mass is 19.1. The van der Waals surface area contributed by atoms with Gasteiger partial charge in [0.1, 0.15) is 11.6 Å². The minimum Gasteiger partial charge on any atom is -0.495 e. The molecule has 2 aromatic heterocycles. The number of hydrogen-bond donors (Lipinski definition) is 2. The van der Waals surface area contributed by atoms with Gasteiger partial charge in [-0.15, -0.1) is 0 Å². The number of rotatable bonds is 8. The topological polar surface area (TPSA) is 91.5 Å². The van der Waals surface area contributed by atoms with Gasteiger partial charge in [-0.05, 0) is 43.0 Å². The lowest BCUT2D eigenvalue weighted by molar-refractivity contribution is 0.189. The monoisotopic (exact) mass is 566 g/mol. The van der Waals surface area contributed by atoms with Gasteiger partial charge in [-0.25, -0.2) is 4.39 Å². The van der Waals surface area contributed by atoms with Crippen molar-refractivity contribution in [3.05, 3.63) is 52.9 Å². The van der Waals surface area contributed by atoms with Crippen molar-refractivity contribution in [2.45, 2.75) is 113 Å². The van der Waals surface area contributed by atoms with E-state index in [9.17, 15) is 4.39 Å². The molecule has 8 heteroatoms. The van der Waals surface area contributed by atoms with Gasteiger partial charge in [-0.1, -0.05) is 69.2 Å². The first-order chi connectivity index (χ1) is 19.1. The number of aromatic nitrogens is 2. The van der Waals surface area contributed by atoms with Gasteiger partial charge < -0.3 is 25.3 Å². The van der Waals surface area contributed by atoms with Crippen molar-refractivity contribution < 1.29 is 18.6 Å². The molecule has 0 aliphatic carbocycles. The first-order valence-corrected chi connectivity index (χ1v) is 14.8. The zero-order valence-corrected chi connectivity index (χ0v) is 27.5. The highest BCUT2D eigenvalue weighted by Gasteiger charge is 2.21. The number of hydrogen-bond acceptors (Lipinski definition) is 7. The average Bonchev–Trinajstić information content (AvgIpc) is 3.49. The average molecular weight is 567 g/mol. The molecule has 0 radical (unpaired) electrons. The molecule has 0 aromatic carbocycles. The molecule has 3 N–H and O–H groups in total. The molecule has 2 aromatic rings. The van der Waals surface area contributed by atoms with Crippen molar-refractivity contribution in [3.8, 4) is 5.75 Å². The molecular formula is C32H59FN4O3. The van der Waals surface area contributed by atoms with E-state index in [1.807, 2.05) is 60.6 Å². The normalized spacial score (nSPS) is 13.9. The van der Waals surface area contributed by atoms with Crippen LogP contribution in [-0.4, -0.2) is 50.1 Å². The van der Waals surface area contributed by atoms with Crippen LogP contribution in [0.25, 0.3) is 0 Å². The summed E-state index contributed by atoms with van der Waals surface area (Å²) in [5.74, 6) is 0.976. The van der Waals surface area contributed by atoms with Crippen molar-refractivity contribution in [3.63, 3.8) is 0 Å². The minimum atomic E-state index is -0.267. The molecule has 3 rings (SSSR count). The van der Waals surface area contributed by atoms with E-state index in [2.05, 4.69) is 36.1 Å². The van der Waals surface area contributed by atoms with Gasteiger partial charge in [0, 0.05) is 44.9 Å². The second kappa shape index (κ2) is 23.6. The molecule has 1 aliphatic heterocycles. The molecule has 1 atom stereocenters. The van der Waals surface area contributed by atoms with E-state index in [0.29, 0.717) is 30.7 Å². The van der Waals surface area contributed by atoms with E-state index in [0.717, 1.165) is 55.5 Å². The molecule has 1 fully saturated rings. The van der Waals surface area contributed by atoms with Crippen molar-refractivity contribution in [2.75, 3.05) is 34.0 Å². The molecule has 0 amide bonds. The van der Waals surface area contributed by atoms with Crippen LogP contribution in [0.5, 0.6) is 5.75 Å². The predicted octanol–water partition coefficient (Wildman–Crippen LogP) is 7.16. The largest absolute Gasteiger partial charge is 0.495 e. The van der Waals surface area contributed by atoms with Crippen LogP contribution in [0.15, 0.2) is 24.3 Å². The minimum absolute atomic E-state index is 0.226. The Bertz CT molecular complexity index is 881. The second-order valence-electron chi connectivity index (χ2n) is 10.1. The summed E-state index contributed by atoms with van der Waals surface area (Å²) in [6.45, 7) is 23.8. The number of pyridine rings is 2. The number of ether oxygens (including phenoxy) is 3. The summed E-state index contributed by atoms with van der Waals surface area (Å²) in [5, 5.41) is 3.39. The molecule has 1 saturated heterocycles. The van der Waals surface area contributed by atoms with Crippen LogP contribution in [0, 0.1) is 5.82 Å². The molecule has 40 heavy (non-hydrogen) atoms. The molecule has 1 unspecified atom stereocenters. The summed E-state index contributed by atoms with van der Waals surface area (Å²) in [6.07, 6.45) is 2.16. The fourth-order valence-electron chi connectivity index (χ4n) is 3.46. The summed E-state index contributed by atoms with van der Waals surface area (Å²) in [6, 6.07) is 7.47.